The summed E-state index contributed by atoms with van der Waals surface area (Å²) in [5.41, 5.74) is -5.74. The molecular formula is C5HF9O. The van der Waals surface area contributed by atoms with Crippen molar-refractivity contribution in [1.29, 1.82) is 0 Å². The highest BCUT2D eigenvalue weighted by atomic mass is 19.4. The lowest BCUT2D eigenvalue weighted by Gasteiger charge is -2.50. The van der Waals surface area contributed by atoms with E-state index >= 15 is 0 Å². The van der Waals surface area contributed by atoms with E-state index in [1.807, 2.05) is 0 Å². The second kappa shape index (κ2) is 2.71. The van der Waals surface area contributed by atoms with Crippen molar-refractivity contribution >= 4 is 0 Å². The predicted octanol–water partition coefficient (Wildman–Crippen LogP) is 2.81. The lowest BCUT2D eigenvalue weighted by atomic mass is 9.87. The molecule has 1 aliphatic heterocycles. The van der Waals surface area contributed by atoms with E-state index in [0.717, 1.165) is 0 Å². The maximum absolute atomic E-state index is 12.3. The summed E-state index contributed by atoms with van der Waals surface area (Å²) in [6, 6.07) is 0. The van der Waals surface area contributed by atoms with Crippen molar-refractivity contribution in [3.8, 4) is 0 Å². The van der Waals surface area contributed by atoms with Gasteiger partial charge in [-0.15, -0.1) is 0 Å². The monoisotopic (exact) mass is 248 g/mol. The van der Waals surface area contributed by atoms with Gasteiger partial charge in [-0.2, -0.15) is 35.1 Å². The molecule has 0 spiro atoms. The van der Waals surface area contributed by atoms with Crippen molar-refractivity contribution in [3.63, 3.8) is 0 Å². The molecule has 0 aromatic carbocycles. The smallest absolute Gasteiger partial charge is 0.313 e. The fourth-order valence-corrected chi connectivity index (χ4v) is 1.08. The Morgan fingerprint density at radius 1 is 0.867 bits per heavy atom. The molecule has 90 valence electrons. The summed E-state index contributed by atoms with van der Waals surface area (Å²) in [6.45, 7) is 0. The molecule has 0 aliphatic carbocycles. The minimum Gasteiger partial charge on any atom is -0.313 e. The van der Waals surface area contributed by atoms with E-state index in [0.29, 0.717) is 0 Å². The zero-order valence-corrected chi connectivity index (χ0v) is 6.39. The highest BCUT2D eigenvalue weighted by Gasteiger charge is 2.93. The van der Waals surface area contributed by atoms with Crippen LogP contribution in [-0.4, -0.2) is 30.2 Å². The van der Waals surface area contributed by atoms with Crippen LogP contribution in [0.25, 0.3) is 0 Å². The quantitative estimate of drug-likeness (QED) is 0.599. The molecule has 1 aliphatic rings. The van der Waals surface area contributed by atoms with Gasteiger partial charge in [0.15, 0.2) is 0 Å². The summed E-state index contributed by atoms with van der Waals surface area (Å²) in [5, 5.41) is 0. The molecule has 0 bridgehead atoms. The molecule has 0 aromatic rings. The van der Waals surface area contributed by atoms with Gasteiger partial charge in [-0.1, -0.05) is 0 Å². The molecular weight excluding hydrogens is 247 g/mol. The van der Waals surface area contributed by atoms with Crippen LogP contribution < -0.4 is 0 Å². The van der Waals surface area contributed by atoms with E-state index in [9.17, 15) is 39.5 Å². The van der Waals surface area contributed by atoms with Crippen LogP contribution >= 0.6 is 0 Å². The van der Waals surface area contributed by atoms with Crippen LogP contribution in [0.2, 0.25) is 0 Å². The third kappa shape index (κ3) is 1.23. The van der Waals surface area contributed by atoms with Crippen LogP contribution in [0.15, 0.2) is 0 Å². The molecule has 1 nitrogen and oxygen atoms in total. The normalized spacial score (nSPS) is 29.8. The summed E-state index contributed by atoms with van der Waals surface area (Å²) in [6.07, 6.45) is -16.8. The maximum Gasteiger partial charge on any atom is 0.433 e. The number of rotatable bonds is 0. The zero-order chi connectivity index (χ0) is 12.3. The highest BCUT2D eigenvalue weighted by Crippen LogP contribution is 2.62. The van der Waals surface area contributed by atoms with Crippen molar-refractivity contribution in [3.05, 3.63) is 0 Å². The van der Waals surface area contributed by atoms with E-state index in [4.69, 9.17) is 0 Å². The van der Waals surface area contributed by atoms with Gasteiger partial charge in [-0.3, -0.25) is 0 Å². The molecule has 15 heavy (non-hydrogen) atoms. The van der Waals surface area contributed by atoms with Crippen LogP contribution in [0.4, 0.5) is 39.5 Å². The molecule has 0 N–H and O–H groups in total. The Kier molecular flexibility index (Phi) is 2.24. The molecule has 1 rings (SSSR count). The van der Waals surface area contributed by atoms with Crippen molar-refractivity contribution in [2.24, 2.45) is 0 Å². The van der Waals surface area contributed by atoms with Gasteiger partial charge < -0.3 is 4.74 Å². The van der Waals surface area contributed by atoms with Gasteiger partial charge in [0.05, 0.1) is 0 Å². The van der Waals surface area contributed by atoms with E-state index in [1.54, 1.807) is 0 Å². The first-order chi connectivity index (χ1) is 6.38. The molecule has 0 unspecified atom stereocenters. The number of alkyl halides is 9. The molecule has 1 saturated heterocycles. The molecule has 0 amide bonds. The van der Waals surface area contributed by atoms with Gasteiger partial charge >= 0.3 is 23.9 Å². The van der Waals surface area contributed by atoms with Crippen LogP contribution in [-0.2, 0) is 4.74 Å². The average Bonchev–Trinajstić information content (AvgIpc) is 1.94. The Hall–Kier alpha value is -0.670. The van der Waals surface area contributed by atoms with Gasteiger partial charge in [0, 0.05) is 0 Å². The number of ether oxygens (including phenoxy) is 1. The topological polar surface area (TPSA) is 9.23 Å². The fraction of sp³-hybridized carbons (Fsp3) is 1.00. The maximum atomic E-state index is 12.3. The molecule has 0 saturated carbocycles. The minimum absolute atomic E-state index is 2.60. The summed E-state index contributed by atoms with van der Waals surface area (Å²) in [5.74, 6) is -5.68. The van der Waals surface area contributed by atoms with Gasteiger partial charge in [0.25, 0.3) is 6.36 Å². The van der Waals surface area contributed by atoms with Gasteiger partial charge in [-0.05, 0) is 0 Å². The third-order valence-electron chi connectivity index (χ3n) is 1.83. The first kappa shape index (κ1) is 12.4. The standard InChI is InChI=1S/C5HF9O/c6-1-2(7,8)3(15-1,4(9,10)11)5(12,13)14/h1H/t1-/m1/s1. The van der Waals surface area contributed by atoms with Crippen LogP contribution in [0.5, 0.6) is 0 Å². The van der Waals surface area contributed by atoms with Crippen molar-refractivity contribution in [2.45, 2.75) is 30.2 Å². The predicted molar refractivity (Wildman–Crippen MR) is 25.8 cm³/mol. The second-order valence-electron chi connectivity index (χ2n) is 2.73. The van der Waals surface area contributed by atoms with Crippen LogP contribution in [0.3, 0.4) is 0 Å². The van der Waals surface area contributed by atoms with Crippen molar-refractivity contribution in [1.82, 2.24) is 0 Å². The van der Waals surface area contributed by atoms with Crippen LogP contribution in [0.1, 0.15) is 0 Å². The highest BCUT2D eigenvalue weighted by molar-refractivity contribution is 5.14. The summed E-state index contributed by atoms with van der Waals surface area (Å²) in [4.78, 5) is 0. The van der Waals surface area contributed by atoms with Crippen molar-refractivity contribution in [2.75, 3.05) is 0 Å². The number of halogens is 9. The minimum atomic E-state index is -6.45. The molecule has 0 radical (unpaired) electrons. The van der Waals surface area contributed by atoms with Crippen LogP contribution in [0, 0.1) is 0 Å². The number of hydrogen-bond acceptors (Lipinski definition) is 1. The van der Waals surface area contributed by atoms with Gasteiger partial charge in [0.1, 0.15) is 0 Å². The summed E-state index contributed by atoms with van der Waals surface area (Å²) >= 11 is 0. The molecule has 1 fully saturated rings. The average molecular weight is 248 g/mol. The third-order valence-corrected chi connectivity index (χ3v) is 1.83. The Balaban J connectivity index is 3.26. The lowest BCUT2D eigenvalue weighted by Crippen LogP contribution is -2.80. The Morgan fingerprint density at radius 2 is 1.20 bits per heavy atom. The SMILES string of the molecule is F[C@@H]1OC(C(F)(F)F)(C(F)(F)F)C1(F)F. The first-order valence-corrected chi connectivity index (χ1v) is 3.21. The second-order valence-corrected chi connectivity index (χ2v) is 2.73. The molecule has 1 atom stereocenters. The Morgan fingerprint density at radius 3 is 1.27 bits per heavy atom. The Bertz CT molecular complexity index is 249. The fourth-order valence-electron chi connectivity index (χ4n) is 1.08. The van der Waals surface area contributed by atoms with E-state index in [1.165, 1.54) is 0 Å². The van der Waals surface area contributed by atoms with E-state index < -0.39 is 30.2 Å². The molecule has 1 heterocycles. The van der Waals surface area contributed by atoms with Gasteiger partial charge in [-0.25, -0.2) is 4.39 Å². The van der Waals surface area contributed by atoms with Gasteiger partial charge in [0.2, 0.25) is 0 Å². The first-order valence-electron chi connectivity index (χ1n) is 3.21. The summed E-state index contributed by atoms with van der Waals surface area (Å²) < 4.78 is 110. The van der Waals surface area contributed by atoms with Crippen molar-refractivity contribution < 1.29 is 44.3 Å². The largest absolute Gasteiger partial charge is 0.433 e. The van der Waals surface area contributed by atoms with E-state index in [-0.39, 0.29) is 0 Å². The lowest BCUT2D eigenvalue weighted by molar-refractivity contribution is -0.536. The number of hydrogen-bond donors (Lipinski definition) is 0. The molecule has 10 heteroatoms. The van der Waals surface area contributed by atoms with E-state index in [2.05, 4.69) is 4.74 Å². The molecule has 0 aromatic heterocycles. The summed E-state index contributed by atoms with van der Waals surface area (Å²) in [7, 11) is 0. The zero-order valence-electron chi connectivity index (χ0n) is 6.39. The Labute approximate surface area is 75.8 Å².